The fourth-order valence-corrected chi connectivity index (χ4v) is 1.85. The second-order valence-electron chi connectivity index (χ2n) is 4.12. The van der Waals surface area contributed by atoms with Gasteiger partial charge in [-0.05, 0) is 18.8 Å². The molecule has 0 spiro atoms. The minimum Gasteiger partial charge on any atom is -0.275 e. The molecule has 1 amide bonds. The number of amides is 1. The molecule has 0 saturated heterocycles. The van der Waals surface area contributed by atoms with Crippen molar-refractivity contribution in [2.45, 2.75) is 39.0 Å². The van der Waals surface area contributed by atoms with Crippen molar-refractivity contribution in [1.29, 1.82) is 0 Å². The zero-order valence-corrected chi connectivity index (χ0v) is 9.45. The average Bonchev–Trinajstić information content (AvgIpc) is 2.95. The molecule has 0 radical (unpaired) electrons. The molecule has 14 heavy (non-hydrogen) atoms. The Morgan fingerprint density at radius 3 is 2.79 bits per heavy atom. The Bertz CT molecular complexity index is 194. The summed E-state index contributed by atoms with van der Waals surface area (Å²) in [6.07, 6.45) is 6.08. The van der Waals surface area contributed by atoms with Gasteiger partial charge in [0.1, 0.15) is 0 Å². The third-order valence-electron chi connectivity index (χ3n) is 3.00. The van der Waals surface area contributed by atoms with Crippen LogP contribution in [0.4, 0.5) is 0 Å². The molecule has 0 N–H and O–H groups in total. The van der Waals surface area contributed by atoms with E-state index >= 15 is 0 Å². The molecular weight excluding hydrogens is 178 g/mol. The van der Waals surface area contributed by atoms with Gasteiger partial charge in [-0.15, -0.1) is 0 Å². The lowest BCUT2D eigenvalue weighted by molar-refractivity contribution is -0.170. The highest BCUT2D eigenvalue weighted by Gasteiger charge is 2.43. The topological polar surface area (TPSA) is 29.5 Å². The molecule has 2 atom stereocenters. The van der Waals surface area contributed by atoms with Crippen molar-refractivity contribution in [3.05, 3.63) is 0 Å². The first-order valence-corrected chi connectivity index (χ1v) is 5.52. The lowest BCUT2D eigenvalue weighted by atomic mass is 10.1. The number of carbonyl (C=O) groups excluding carboxylic acids is 1. The van der Waals surface area contributed by atoms with Crippen LogP contribution < -0.4 is 0 Å². The van der Waals surface area contributed by atoms with Gasteiger partial charge in [0.25, 0.3) is 0 Å². The lowest BCUT2D eigenvalue weighted by Gasteiger charge is -2.13. The Balaban J connectivity index is 2.15. The van der Waals surface area contributed by atoms with E-state index in [0.29, 0.717) is 5.92 Å². The number of nitrogens with zero attached hydrogens (tertiary/aromatic N) is 1. The second kappa shape index (κ2) is 5.35. The van der Waals surface area contributed by atoms with E-state index in [9.17, 15) is 4.79 Å². The van der Waals surface area contributed by atoms with Crippen molar-refractivity contribution in [3.8, 4) is 0 Å². The average molecular weight is 199 g/mol. The molecule has 3 nitrogen and oxygen atoms in total. The number of rotatable bonds is 6. The summed E-state index contributed by atoms with van der Waals surface area (Å²) in [5, 5.41) is 1.35. The van der Waals surface area contributed by atoms with E-state index < -0.39 is 0 Å². The predicted octanol–water partition coefficient (Wildman–Crippen LogP) is 2.22. The summed E-state index contributed by atoms with van der Waals surface area (Å²) in [6.45, 7) is 2.20. The molecule has 0 aromatic rings. The molecule has 0 heterocycles. The maximum atomic E-state index is 11.6. The second-order valence-corrected chi connectivity index (χ2v) is 4.12. The molecule has 1 saturated carbocycles. The van der Waals surface area contributed by atoms with Crippen LogP contribution in [0.2, 0.25) is 0 Å². The van der Waals surface area contributed by atoms with Crippen molar-refractivity contribution in [2.24, 2.45) is 11.8 Å². The smallest absolute Gasteiger partial charge is 0.249 e. The molecule has 3 heteroatoms. The summed E-state index contributed by atoms with van der Waals surface area (Å²) in [5.74, 6) is 1.03. The largest absolute Gasteiger partial charge is 0.275 e. The van der Waals surface area contributed by atoms with E-state index in [1.54, 1.807) is 7.05 Å². The first kappa shape index (κ1) is 11.5. The van der Waals surface area contributed by atoms with Gasteiger partial charge in [0, 0.05) is 13.0 Å². The van der Waals surface area contributed by atoms with Crippen LogP contribution in [0.5, 0.6) is 0 Å². The lowest BCUT2D eigenvalue weighted by Crippen LogP contribution is -2.27. The Morgan fingerprint density at radius 1 is 1.50 bits per heavy atom. The molecular formula is C11H21NO2. The van der Waals surface area contributed by atoms with Crippen molar-refractivity contribution in [3.63, 3.8) is 0 Å². The van der Waals surface area contributed by atoms with E-state index in [4.69, 9.17) is 4.84 Å². The maximum Gasteiger partial charge on any atom is 0.249 e. The number of hydrogen-bond acceptors (Lipinski definition) is 2. The standard InChI is InChI=1S/C11H21NO2/c1-4-5-6-7-9-8-10(9)11(13)12(2)14-3/h9-10H,4-8H2,1-3H3/t9-,10-/m0/s1. The minimum absolute atomic E-state index is 0.147. The van der Waals surface area contributed by atoms with Crippen LogP contribution in [0.15, 0.2) is 0 Å². The molecule has 0 bridgehead atoms. The fourth-order valence-electron chi connectivity index (χ4n) is 1.85. The molecule has 82 valence electrons. The Kier molecular flexibility index (Phi) is 4.39. The van der Waals surface area contributed by atoms with Crippen LogP contribution in [0.3, 0.4) is 0 Å². The zero-order valence-electron chi connectivity index (χ0n) is 9.45. The summed E-state index contributed by atoms with van der Waals surface area (Å²) in [7, 11) is 3.22. The minimum atomic E-state index is 0.147. The molecule has 1 rings (SSSR count). The van der Waals surface area contributed by atoms with Gasteiger partial charge in [0.05, 0.1) is 7.11 Å². The summed E-state index contributed by atoms with van der Waals surface area (Å²) < 4.78 is 0. The van der Waals surface area contributed by atoms with Crippen molar-refractivity contribution in [2.75, 3.05) is 14.2 Å². The third kappa shape index (κ3) is 2.98. The quantitative estimate of drug-likeness (QED) is 0.485. The Labute approximate surface area is 86.4 Å². The van der Waals surface area contributed by atoms with Crippen LogP contribution in [-0.2, 0) is 9.63 Å². The van der Waals surface area contributed by atoms with Crippen molar-refractivity contribution < 1.29 is 9.63 Å². The van der Waals surface area contributed by atoms with E-state index in [2.05, 4.69) is 6.92 Å². The third-order valence-corrected chi connectivity index (χ3v) is 3.00. The van der Waals surface area contributed by atoms with Gasteiger partial charge in [-0.1, -0.05) is 26.2 Å². The molecule has 1 aliphatic carbocycles. The molecule has 0 aromatic carbocycles. The van der Waals surface area contributed by atoms with Gasteiger partial charge in [0.15, 0.2) is 0 Å². The SMILES string of the molecule is CCCCC[C@H]1C[C@@H]1C(=O)N(C)OC. The van der Waals surface area contributed by atoms with Crippen LogP contribution in [-0.4, -0.2) is 25.1 Å². The summed E-state index contributed by atoms with van der Waals surface area (Å²) in [4.78, 5) is 16.5. The summed E-state index contributed by atoms with van der Waals surface area (Å²) in [5.41, 5.74) is 0. The Hall–Kier alpha value is -0.570. The van der Waals surface area contributed by atoms with E-state index in [-0.39, 0.29) is 11.8 Å². The van der Waals surface area contributed by atoms with E-state index in [0.717, 1.165) is 6.42 Å². The number of hydroxylamine groups is 2. The first-order valence-electron chi connectivity index (χ1n) is 5.52. The van der Waals surface area contributed by atoms with Crippen LogP contribution in [0.25, 0.3) is 0 Å². The molecule has 0 unspecified atom stereocenters. The highest BCUT2D eigenvalue weighted by molar-refractivity contribution is 5.80. The fraction of sp³-hybridized carbons (Fsp3) is 0.909. The van der Waals surface area contributed by atoms with Gasteiger partial charge in [0.2, 0.25) is 5.91 Å². The summed E-state index contributed by atoms with van der Waals surface area (Å²) in [6, 6.07) is 0. The molecule has 0 aromatic heterocycles. The first-order chi connectivity index (χ1) is 6.70. The van der Waals surface area contributed by atoms with Gasteiger partial charge < -0.3 is 0 Å². The molecule has 0 aliphatic heterocycles. The normalized spacial score (nSPS) is 24.8. The molecule has 1 fully saturated rings. The maximum absolute atomic E-state index is 11.6. The number of unbranched alkanes of at least 4 members (excludes halogenated alkanes) is 2. The van der Waals surface area contributed by atoms with E-state index in [1.807, 2.05) is 0 Å². The number of hydrogen-bond donors (Lipinski definition) is 0. The predicted molar refractivity (Wildman–Crippen MR) is 55.5 cm³/mol. The van der Waals surface area contributed by atoms with Crippen LogP contribution >= 0.6 is 0 Å². The molecule has 1 aliphatic rings. The van der Waals surface area contributed by atoms with Crippen molar-refractivity contribution in [1.82, 2.24) is 5.06 Å². The van der Waals surface area contributed by atoms with Gasteiger partial charge in [-0.2, -0.15) is 0 Å². The van der Waals surface area contributed by atoms with Gasteiger partial charge in [-0.25, -0.2) is 5.06 Å². The van der Waals surface area contributed by atoms with Gasteiger partial charge >= 0.3 is 0 Å². The highest BCUT2D eigenvalue weighted by atomic mass is 16.7. The van der Waals surface area contributed by atoms with E-state index in [1.165, 1.54) is 37.9 Å². The highest BCUT2D eigenvalue weighted by Crippen LogP contribution is 2.43. The zero-order chi connectivity index (χ0) is 10.6. The van der Waals surface area contributed by atoms with Gasteiger partial charge in [-0.3, -0.25) is 9.63 Å². The Morgan fingerprint density at radius 2 is 2.21 bits per heavy atom. The summed E-state index contributed by atoms with van der Waals surface area (Å²) >= 11 is 0. The van der Waals surface area contributed by atoms with Crippen molar-refractivity contribution >= 4 is 5.91 Å². The number of carbonyl (C=O) groups is 1. The van der Waals surface area contributed by atoms with Crippen LogP contribution in [0, 0.1) is 11.8 Å². The monoisotopic (exact) mass is 199 g/mol. The van der Waals surface area contributed by atoms with Crippen LogP contribution in [0.1, 0.15) is 39.0 Å².